The molecule has 1 aromatic heterocycles. The average Bonchev–Trinajstić information content (AvgIpc) is 3.29. The van der Waals surface area contributed by atoms with E-state index in [1.807, 2.05) is 0 Å². The molecule has 30 heavy (non-hydrogen) atoms. The topological polar surface area (TPSA) is 74.7 Å². The molecule has 2 aromatic carbocycles. The molecule has 0 spiro atoms. The van der Waals surface area contributed by atoms with Gasteiger partial charge in [0.1, 0.15) is 17.5 Å². The van der Waals surface area contributed by atoms with Gasteiger partial charge < -0.3 is 14.8 Å². The van der Waals surface area contributed by atoms with Crippen LogP contribution >= 0.6 is 23.4 Å². The zero-order chi connectivity index (χ0) is 21.5. The maximum Gasteiger partial charge on any atom is 0.332 e. The summed E-state index contributed by atoms with van der Waals surface area (Å²) in [6, 6.07) is 8.94. The maximum absolute atomic E-state index is 14.0. The first-order valence-corrected chi connectivity index (χ1v) is 10.4. The first kappa shape index (κ1) is 20.7. The van der Waals surface area contributed by atoms with Gasteiger partial charge >= 0.3 is 5.97 Å². The van der Waals surface area contributed by atoms with Crippen LogP contribution in [0.4, 0.5) is 8.78 Å². The number of benzene rings is 2. The normalized spacial score (nSPS) is 18.6. The third-order valence-electron chi connectivity index (χ3n) is 4.92. The molecule has 0 aliphatic carbocycles. The number of H-pyrrole nitrogens is 1. The largest absolute Gasteiger partial charge is 0.482 e. The van der Waals surface area contributed by atoms with E-state index in [1.165, 1.54) is 30.0 Å². The number of aromatic nitrogens is 1. The number of fused-ring (bicyclic) bond motifs is 1. The number of aliphatic imine (C=N–C) groups is 1. The number of aliphatic carboxylic acids is 1. The first-order valence-electron chi connectivity index (χ1n) is 9.07. The van der Waals surface area contributed by atoms with E-state index in [0.29, 0.717) is 21.8 Å². The zero-order valence-electron chi connectivity index (χ0n) is 15.8. The molecule has 1 unspecified atom stereocenters. The van der Waals surface area contributed by atoms with E-state index in [9.17, 15) is 18.7 Å². The van der Waals surface area contributed by atoms with Crippen LogP contribution in [0.5, 0.6) is 5.75 Å². The number of halogens is 3. The highest BCUT2D eigenvalue weighted by Crippen LogP contribution is 2.35. The van der Waals surface area contributed by atoms with Crippen molar-refractivity contribution in [2.45, 2.75) is 18.9 Å². The highest BCUT2D eigenvalue weighted by atomic mass is 35.5. The third-order valence-corrected chi connectivity index (χ3v) is 6.55. The number of hydrogen-bond donors (Lipinski definition) is 2. The predicted octanol–water partition coefficient (Wildman–Crippen LogP) is 5.00. The third kappa shape index (κ3) is 3.89. The SMILES string of the molecule is Cc1ccc(F)c(OCC2=NC(Cc3cc4ccc(F)cc4[nH]3)(C(=O)O)CS2)c1Cl. The number of hydrogen-bond acceptors (Lipinski definition) is 4. The Kier molecular flexibility index (Phi) is 5.46. The summed E-state index contributed by atoms with van der Waals surface area (Å²) in [6.45, 7) is 1.65. The van der Waals surface area contributed by atoms with Gasteiger partial charge in [-0.25, -0.2) is 13.6 Å². The lowest BCUT2D eigenvalue weighted by Gasteiger charge is -2.19. The molecule has 2 heterocycles. The Bertz CT molecular complexity index is 1180. The molecule has 0 fully saturated rings. The lowest BCUT2D eigenvalue weighted by Crippen LogP contribution is -2.39. The Morgan fingerprint density at radius 1 is 1.33 bits per heavy atom. The number of rotatable bonds is 6. The molecular formula is C21H17ClF2N2O3S. The van der Waals surface area contributed by atoms with Crippen molar-refractivity contribution in [3.05, 3.63) is 64.3 Å². The molecule has 4 rings (SSSR count). The molecule has 0 bridgehead atoms. The van der Waals surface area contributed by atoms with Crippen LogP contribution in [-0.2, 0) is 11.2 Å². The van der Waals surface area contributed by atoms with Crippen LogP contribution in [-0.4, -0.2) is 39.0 Å². The van der Waals surface area contributed by atoms with Crippen molar-refractivity contribution in [1.82, 2.24) is 4.98 Å². The van der Waals surface area contributed by atoms with Crippen LogP contribution in [0.2, 0.25) is 5.02 Å². The molecule has 0 amide bonds. The van der Waals surface area contributed by atoms with E-state index in [-0.39, 0.29) is 35.4 Å². The van der Waals surface area contributed by atoms with E-state index >= 15 is 0 Å². The quantitative estimate of drug-likeness (QED) is 0.554. The summed E-state index contributed by atoms with van der Waals surface area (Å²) in [5.74, 6) is -1.92. The van der Waals surface area contributed by atoms with Crippen molar-refractivity contribution in [3.63, 3.8) is 0 Å². The fourth-order valence-electron chi connectivity index (χ4n) is 3.32. The number of aromatic amines is 1. The molecule has 2 N–H and O–H groups in total. The second kappa shape index (κ2) is 7.92. The molecule has 0 saturated heterocycles. The molecule has 156 valence electrons. The second-order valence-corrected chi connectivity index (χ2v) is 8.56. The smallest absolute Gasteiger partial charge is 0.332 e. The molecule has 1 atom stereocenters. The molecule has 9 heteroatoms. The van der Waals surface area contributed by atoms with Gasteiger partial charge in [0, 0.05) is 23.4 Å². The zero-order valence-corrected chi connectivity index (χ0v) is 17.4. The fourth-order valence-corrected chi connectivity index (χ4v) is 4.61. The number of nitrogens with zero attached hydrogens (tertiary/aromatic N) is 1. The van der Waals surface area contributed by atoms with Gasteiger partial charge in [0.05, 0.1) is 5.02 Å². The number of nitrogens with one attached hydrogen (secondary N) is 1. The number of aryl methyl sites for hydroxylation is 1. The molecule has 3 aromatic rings. The van der Waals surface area contributed by atoms with Gasteiger partial charge in [-0.2, -0.15) is 0 Å². The Hall–Kier alpha value is -2.58. The summed E-state index contributed by atoms with van der Waals surface area (Å²) in [4.78, 5) is 19.5. The van der Waals surface area contributed by atoms with Gasteiger partial charge in [0.2, 0.25) is 0 Å². The van der Waals surface area contributed by atoms with Gasteiger partial charge in [-0.15, -0.1) is 11.8 Å². The summed E-state index contributed by atoms with van der Waals surface area (Å²) < 4.78 is 33.0. The Labute approximate surface area is 180 Å². The molecule has 5 nitrogen and oxygen atoms in total. The monoisotopic (exact) mass is 450 g/mol. The molecule has 1 aliphatic heterocycles. The van der Waals surface area contributed by atoms with Crippen molar-refractivity contribution in [3.8, 4) is 5.75 Å². The van der Waals surface area contributed by atoms with Crippen LogP contribution in [0, 0.1) is 18.6 Å². The van der Waals surface area contributed by atoms with Gasteiger partial charge in [-0.05, 0) is 48.2 Å². The maximum atomic E-state index is 14.0. The van der Waals surface area contributed by atoms with Gasteiger partial charge in [-0.1, -0.05) is 17.7 Å². The first-order chi connectivity index (χ1) is 14.3. The van der Waals surface area contributed by atoms with Crippen molar-refractivity contribution in [2.24, 2.45) is 4.99 Å². The minimum Gasteiger partial charge on any atom is -0.482 e. The molecule has 0 radical (unpaired) electrons. The van der Waals surface area contributed by atoms with Crippen LogP contribution in [0.15, 0.2) is 41.4 Å². The fraction of sp³-hybridized carbons (Fsp3) is 0.238. The van der Waals surface area contributed by atoms with Crippen LogP contribution < -0.4 is 4.74 Å². The van der Waals surface area contributed by atoms with E-state index in [2.05, 4.69) is 9.98 Å². The lowest BCUT2D eigenvalue weighted by atomic mass is 9.96. The number of carboxylic acid groups (broad SMARTS) is 1. The Morgan fingerprint density at radius 3 is 2.90 bits per heavy atom. The van der Waals surface area contributed by atoms with E-state index in [0.717, 1.165) is 5.39 Å². The highest BCUT2D eigenvalue weighted by Gasteiger charge is 2.43. The van der Waals surface area contributed by atoms with Crippen molar-refractivity contribution < 1.29 is 23.4 Å². The van der Waals surface area contributed by atoms with Crippen molar-refractivity contribution in [2.75, 3.05) is 12.4 Å². The summed E-state index contributed by atoms with van der Waals surface area (Å²) in [5.41, 5.74) is 0.507. The Balaban J connectivity index is 1.55. The van der Waals surface area contributed by atoms with Gasteiger partial charge in [0.25, 0.3) is 0 Å². The standard InChI is InChI=1S/C21H17ClF2N2O3S/c1-11-2-5-15(24)19(18(11)22)29-9-17-26-21(10-30-17,20(27)28)8-14-6-12-3-4-13(23)7-16(12)25-14/h2-7,25H,8-10H2,1H3,(H,27,28). The second-order valence-electron chi connectivity index (χ2n) is 7.13. The molecule has 0 saturated carbocycles. The molecular weight excluding hydrogens is 434 g/mol. The number of thioether (sulfide) groups is 1. The minimum absolute atomic E-state index is 0.0783. The number of carbonyl (C=O) groups is 1. The van der Waals surface area contributed by atoms with Gasteiger partial charge in [0.15, 0.2) is 17.1 Å². The summed E-state index contributed by atoms with van der Waals surface area (Å²) >= 11 is 7.36. The summed E-state index contributed by atoms with van der Waals surface area (Å²) in [7, 11) is 0. The van der Waals surface area contributed by atoms with E-state index in [1.54, 1.807) is 25.1 Å². The van der Waals surface area contributed by atoms with Crippen molar-refractivity contribution in [1.29, 1.82) is 0 Å². The number of carboxylic acids is 1. The summed E-state index contributed by atoms with van der Waals surface area (Å²) in [6.07, 6.45) is 0.106. The van der Waals surface area contributed by atoms with E-state index in [4.69, 9.17) is 16.3 Å². The van der Waals surface area contributed by atoms with Gasteiger partial charge in [-0.3, -0.25) is 4.99 Å². The molecule has 1 aliphatic rings. The lowest BCUT2D eigenvalue weighted by molar-refractivity contribution is -0.142. The van der Waals surface area contributed by atoms with Crippen molar-refractivity contribution >= 4 is 45.3 Å². The van der Waals surface area contributed by atoms with E-state index < -0.39 is 17.3 Å². The summed E-state index contributed by atoms with van der Waals surface area (Å²) in [5, 5.41) is 11.3. The van der Waals surface area contributed by atoms with Crippen LogP contribution in [0.3, 0.4) is 0 Å². The van der Waals surface area contributed by atoms with Crippen LogP contribution in [0.1, 0.15) is 11.3 Å². The Morgan fingerprint density at radius 2 is 2.13 bits per heavy atom. The highest BCUT2D eigenvalue weighted by molar-refractivity contribution is 8.14. The number of ether oxygens (including phenoxy) is 1. The average molecular weight is 451 g/mol. The van der Waals surface area contributed by atoms with Crippen LogP contribution in [0.25, 0.3) is 10.9 Å². The predicted molar refractivity (Wildman–Crippen MR) is 114 cm³/mol. The minimum atomic E-state index is -1.39.